The van der Waals surface area contributed by atoms with Gasteiger partial charge in [-0.25, -0.2) is 4.98 Å². The first-order chi connectivity index (χ1) is 9.38. The van der Waals surface area contributed by atoms with Gasteiger partial charge in [0, 0.05) is 22.1 Å². The molecule has 19 heavy (non-hydrogen) atoms. The summed E-state index contributed by atoms with van der Waals surface area (Å²) in [5, 5.41) is 2.90. The van der Waals surface area contributed by atoms with Gasteiger partial charge in [-0.2, -0.15) is 0 Å². The van der Waals surface area contributed by atoms with E-state index in [1.165, 1.54) is 0 Å². The molecule has 0 atom stereocenters. The summed E-state index contributed by atoms with van der Waals surface area (Å²) in [6, 6.07) is 17.6. The van der Waals surface area contributed by atoms with Crippen LogP contribution in [0.1, 0.15) is 10.4 Å². The second-order valence-corrected chi connectivity index (χ2v) is 4.97. The molecule has 3 aromatic rings. The molecule has 0 bridgehead atoms. The standard InChI is InChI=1S/C16H11NOS/c18-10-13-8-4-5-9-14(13)16-17-15(11-19-16)12-6-2-1-3-7-12/h1-11H. The maximum absolute atomic E-state index is 11.1. The van der Waals surface area contributed by atoms with Crippen molar-refractivity contribution in [2.75, 3.05) is 0 Å². The van der Waals surface area contributed by atoms with Gasteiger partial charge >= 0.3 is 0 Å². The Morgan fingerprint density at radius 3 is 2.47 bits per heavy atom. The normalized spacial score (nSPS) is 10.3. The molecule has 1 aromatic heterocycles. The molecule has 0 N–H and O–H groups in total. The Hall–Kier alpha value is -2.26. The number of thiazole rings is 1. The molecule has 0 amide bonds. The minimum atomic E-state index is 0.677. The number of rotatable bonds is 3. The first-order valence-corrected chi connectivity index (χ1v) is 6.82. The van der Waals surface area contributed by atoms with Gasteiger partial charge in [0.2, 0.25) is 0 Å². The number of carbonyl (C=O) groups excluding carboxylic acids is 1. The fourth-order valence-electron chi connectivity index (χ4n) is 1.93. The predicted molar refractivity (Wildman–Crippen MR) is 78.4 cm³/mol. The van der Waals surface area contributed by atoms with Gasteiger partial charge in [-0.1, -0.05) is 54.6 Å². The third-order valence-electron chi connectivity index (χ3n) is 2.89. The highest BCUT2D eigenvalue weighted by Crippen LogP contribution is 2.30. The fourth-order valence-corrected chi connectivity index (χ4v) is 2.81. The molecular formula is C16H11NOS. The number of carbonyl (C=O) groups is 1. The Balaban J connectivity index is 2.04. The third kappa shape index (κ3) is 2.33. The van der Waals surface area contributed by atoms with Crippen molar-refractivity contribution in [3.05, 3.63) is 65.5 Å². The third-order valence-corrected chi connectivity index (χ3v) is 3.77. The average molecular weight is 265 g/mol. The van der Waals surface area contributed by atoms with Crippen molar-refractivity contribution >= 4 is 17.6 Å². The van der Waals surface area contributed by atoms with Crippen molar-refractivity contribution in [3.63, 3.8) is 0 Å². The summed E-state index contributed by atoms with van der Waals surface area (Å²) in [5.41, 5.74) is 3.61. The summed E-state index contributed by atoms with van der Waals surface area (Å²) in [6.07, 6.45) is 0.874. The van der Waals surface area contributed by atoms with Crippen molar-refractivity contribution in [2.24, 2.45) is 0 Å². The monoisotopic (exact) mass is 265 g/mol. The van der Waals surface area contributed by atoms with E-state index in [4.69, 9.17) is 0 Å². The molecule has 0 spiro atoms. The van der Waals surface area contributed by atoms with Crippen LogP contribution in [0.25, 0.3) is 21.8 Å². The molecule has 0 saturated carbocycles. The quantitative estimate of drug-likeness (QED) is 0.661. The van der Waals surface area contributed by atoms with E-state index in [0.29, 0.717) is 5.56 Å². The topological polar surface area (TPSA) is 30.0 Å². The maximum atomic E-state index is 11.1. The lowest BCUT2D eigenvalue weighted by Crippen LogP contribution is -1.86. The summed E-state index contributed by atoms with van der Waals surface area (Å²) < 4.78 is 0. The molecule has 0 saturated heterocycles. The molecule has 0 unspecified atom stereocenters. The highest BCUT2D eigenvalue weighted by molar-refractivity contribution is 7.13. The zero-order valence-corrected chi connectivity index (χ0v) is 10.9. The lowest BCUT2D eigenvalue weighted by molar-refractivity contribution is 0.112. The van der Waals surface area contributed by atoms with Gasteiger partial charge in [-0.3, -0.25) is 4.79 Å². The summed E-state index contributed by atoms with van der Waals surface area (Å²) in [7, 11) is 0. The van der Waals surface area contributed by atoms with Gasteiger partial charge < -0.3 is 0 Å². The SMILES string of the molecule is O=Cc1ccccc1-c1nc(-c2ccccc2)cs1. The first kappa shape index (κ1) is 11.8. The van der Waals surface area contributed by atoms with Gasteiger partial charge in [0.15, 0.2) is 6.29 Å². The summed E-state index contributed by atoms with van der Waals surface area (Å²) >= 11 is 1.56. The number of benzene rings is 2. The van der Waals surface area contributed by atoms with Gasteiger partial charge in [-0.05, 0) is 0 Å². The van der Waals surface area contributed by atoms with E-state index in [9.17, 15) is 4.79 Å². The molecule has 0 fully saturated rings. The first-order valence-electron chi connectivity index (χ1n) is 5.94. The van der Waals surface area contributed by atoms with Crippen LogP contribution in [-0.2, 0) is 0 Å². The molecule has 2 nitrogen and oxygen atoms in total. The van der Waals surface area contributed by atoms with E-state index in [0.717, 1.165) is 28.1 Å². The molecule has 2 aromatic carbocycles. The second-order valence-electron chi connectivity index (χ2n) is 4.11. The Morgan fingerprint density at radius 2 is 1.68 bits per heavy atom. The Labute approximate surface area is 115 Å². The van der Waals surface area contributed by atoms with Crippen molar-refractivity contribution in [2.45, 2.75) is 0 Å². The molecule has 0 aliphatic heterocycles. The molecule has 0 aliphatic carbocycles. The van der Waals surface area contributed by atoms with Crippen LogP contribution in [-0.4, -0.2) is 11.3 Å². The van der Waals surface area contributed by atoms with Crippen molar-refractivity contribution in [1.82, 2.24) is 4.98 Å². The Kier molecular flexibility index (Phi) is 3.21. The number of aldehydes is 1. The van der Waals surface area contributed by atoms with Crippen LogP contribution in [0.15, 0.2) is 60.0 Å². The largest absolute Gasteiger partial charge is 0.298 e. The number of nitrogens with zero attached hydrogens (tertiary/aromatic N) is 1. The van der Waals surface area contributed by atoms with E-state index in [1.807, 2.05) is 60.0 Å². The van der Waals surface area contributed by atoms with Crippen molar-refractivity contribution in [1.29, 1.82) is 0 Å². The summed E-state index contributed by atoms with van der Waals surface area (Å²) in [6.45, 7) is 0. The fraction of sp³-hybridized carbons (Fsp3) is 0. The lowest BCUT2D eigenvalue weighted by atomic mass is 10.1. The van der Waals surface area contributed by atoms with Crippen LogP contribution in [0.4, 0.5) is 0 Å². The van der Waals surface area contributed by atoms with Gasteiger partial charge in [-0.15, -0.1) is 11.3 Å². The van der Waals surface area contributed by atoms with Gasteiger partial charge in [0.05, 0.1) is 5.69 Å². The second kappa shape index (κ2) is 5.16. The Bertz CT molecular complexity index is 704. The van der Waals surface area contributed by atoms with Crippen LogP contribution in [0.3, 0.4) is 0 Å². The zero-order chi connectivity index (χ0) is 13.1. The minimum absolute atomic E-state index is 0.677. The predicted octanol–water partition coefficient (Wildman–Crippen LogP) is 4.29. The molecule has 0 radical (unpaired) electrons. The van der Waals surface area contributed by atoms with E-state index in [1.54, 1.807) is 11.3 Å². The summed E-state index contributed by atoms with van der Waals surface area (Å²) in [5.74, 6) is 0. The van der Waals surface area contributed by atoms with Crippen LogP contribution in [0.2, 0.25) is 0 Å². The van der Waals surface area contributed by atoms with Crippen molar-refractivity contribution in [3.8, 4) is 21.8 Å². The molecular weight excluding hydrogens is 254 g/mol. The number of hydrogen-bond acceptors (Lipinski definition) is 3. The van der Waals surface area contributed by atoms with Crippen molar-refractivity contribution < 1.29 is 4.79 Å². The minimum Gasteiger partial charge on any atom is -0.298 e. The number of hydrogen-bond donors (Lipinski definition) is 0. The van der Waals surface area contributed by atoms with Crippen LogP contribution in [0, 0.1) is 0 Å². The van der Waals surface area contributed by atoms with Crippen LogP contribution >= 0.6 is 11.3 Å². The summed E-state index contributed by atoms with van der Waals surface area (Å²) in [4.78, 5) is 15.7. The smallest absolute Gasteiger partial charge is 0.150 e. The van der Waals surface area contributed by atoms with E-state index in [-0.39, 0.29) is 0 Å². The highest BCUT2D eigenvalue weighted by Gasteiger charge is 2.09. The van der Waals surface area contributed by atoms with E-state index in [2.05, 4.69) is 4.98 Å². The van der Waals surface area contributed by atoms with E-state index < -0.39 is 0 Å². The zero-order valence-electron chi connectivity index (χ0n) is 10.1. The molecule has 1 heterocycles. The maximum Gasteiger partial charge on any atom is 0.150 e. The molecule has 0 aliphatic rings. The van der Waals surface area contributed by atoms with Gasteiger partial charge in [0.1, 0.15) is 5.01 Å². The average Bonchev–Trinajstić information content (AvgIpc) is 2.98. The van der Waals surface area contributed by atoms with Crippen LogP contribution in [0.5, 0.6) is 0 Å². The van der Waals surface area contributed by atoms with Gasteiger partial charge in [0.25, 0.3) is 0 Å². The molecule has 92 valence electrons. The molecule has 3 rings (SSSR count). The highest BCUT2D eigenvalue weighted by atomic mass is 32.1. The van der Waals surface area contributed by atoms with E-state index >= 15 is 0 Å². The van der Waals surface area contributed by atoms with Crippen LogP contribution < -0.4 is 0 Å². The number of aromatic nitrogens is 1. The lowest BCUT2D eigenvalue weighted by Gasteiger charge is -1.99. The molecule has 3 heteroatoms. The Morgan fingerprint density at radius 1 is 0.947 bits per heavy atom.